The van der Waals surface area contributed by atoms with Gasteiger partial charge in [0.15, 0.2) is 9.84 Å². The Kier molecular flexibility index (Phi) is 5.93. The lowest BCUT2D eigenvalue weighted by Gasteiger charge is -2.41. The number of benzene rings is 1. The van der Waals surface area contributed by atoms with Gasteiger partial charge in [-0.25, -0.2) is 17.2 Å². The minimum absolute atomic E-state index is 0.0422. The summed E-state index contributed by atoms with van der Waals surface area (Å²) in [5, 5.41) is 0. The highest BCUT2D eigenvalue weighted by Gasteiger charge is 2.74. The fourth-order valence-electron chi connectivity index (χ4n) is 5.22. The van der Waals surface area contributed by atoms with Crippen molar-refractivity contribution in [1.29, 1.82) is 0 Å². The van der Waals surface area contributed by atoms with Crippen molar-refractivity contribution in [2.24, 2.45) is 0 Å². The smallest absolute Gasteiger partial charge is 0.338 e. The van der Waals surface area contributed by atoms with Crippen molar-refractivity contribution in [3.63, 3.8) is 0 Å². The number of alkyl halides is 7. The van der Waals surface area contributed by atoms with E-state index in [4.69, 9.17) is 0 Å². The first kappa shape index (κ1) is 26.3. The second-order valence-electron chi connectivity index (χ2n) is 8.75. The molecule has 0 spiro atoms. The average molecular weight is 542 g/mol. The number of amides is 1. The van der Waals surface area contributed by atoms with Crippen molar-refractivity contribution in [3.05, 3.63) is 59.2 Å². The van der Waals surface area contributed by atoms with Crippen LogP contribution in [0.5, 0.6) is 0 Å². The fraction of sp³-hybridized carbons (Fsp3) is 0.455. The van der Waals surface area contributed by atoms with Gasteiger partial charge in [-0.2, -0.15) is 26.3 Å². The van der Waals surface area contributed by atoms with Crippen LogP contribution in [0.25, 0.3) is 0 Å². The van der Waals surface area contributed by atoms with E-state index in [0.29, 0.717) is 6.07 Å². The predicted molar refractivity (Wildman–Crippen MR) is 109 cm³/mol. The van der Waals surface area contributed by atoms with Crippen molar-refractivity contribution < 1.29 is 48.3 Å². The summed E-state index contributed by atoms with van der Waals surface area (Å²) in [5.41, 5.74) is -8.23. The Morgan fingerprint density at radius 3 is 2.17 bits per heavy atom. The molecule has 1 aromatic heterocycles. The number of halogens is 8. The molecule has 0 bridgehead atoms. The highest BCUT2D eigenvalue weighted by Crippen LogP contribution is 2.56. The average Bonchev–Trinajstić information content (AvgIpc) is 3.19. The summed E-state index contributed by atoms with van der Waals surface area (Å²) in [6, 6.07) is 2.99. The van der Waals surface area contributed by atoms with Gasteiger partial charge in [0.25, 0.3) is 0 Å². The second-order valence-corrected chi connectivity index (χ2v) is 11.0. The summed E-state index contributed by atoms with van der Waals surface area (Å²) in [6.45, 7) is 1.11. The van der Waals surface area contributed by atoms with Gasteiger partial charge < -0.3 is 4.90 Å². The minimum Gasteiger partial charge on any atom is -0.338 e. The molecular weight excluding hydrogens is 524 g/mol. The van der Waals surface area contributed by atoms with Crippen molar-refractivity contribution in [2.75, 3.05) is 6.54 Å². The van der Waals surface area contributed by atoms with Crippen LogP contribution in [0.15, 0.2) is 41.4 Å². The number of aromatic nitrogens is 1. The summed E-state index contributed by atoms with van der Waals surface area (Å²) in [5.74, 6) is -1.24. The third kappa shape index (κ3) is 3.51. The van der Waals surface area contributed by atoms with E-state index in [1.54, 1.807) is 0 Å². The summed E-state index contributed by atoms with van der Waals surface area (Å²) >= 11 is 0. The number of hydrogen-bond acceptors (Lipinski definition) is 4. The molecular formula is C22H18F8N2O3S. The molecule has 196 valence electrons. The SMILES string of the molecule is CC(=O)N1CCC2(S(=O)(=O)c3ccc(F)cc3)c3ncc(C(F)(C(F)(F)F)C(F)(F)F)cc3CCC12. The monoisotopic (exact) mass is 542 g/mol. The molecule has 0 radical (unpaired) electrons. The molecule has 2 aliphatic rings. The molecule has 1 fully saturated rings. The molecule has 14 heteroatoms. The Bertz CT molecular complexity index is 1290. The van der Waals surface area contributed by atoms with Crippen LogP contribution in [0.2, 0.25) is 0 Å². The molecule has 1 amide bonds. The minimum atomic E-state index is -6.37. The summed E-state index contributed by atoms with van der Waals surface area (Å²) in [7, 11) is -4.52. The maximum atomic E-state index is 14.7. The van der Waals surface area contributed by atoms with E-state index in [2.05, 4.69) is 4.98 Å². The molecule has 2 atom stereocenters. The van der Waals surface area contributed by atoms with Gasteiger partial charge >= 0.3 is 18.0 Å². The number of rotatable bonds is 3. The topological polar surface area (TPSA) is 67.3 Å². The van der Waals surface area contributed by atoms with E-state index in [-0.39, 0.29) is 48.2 Å². The largest absolute Gasteiger partial charge is 0.436 e. The van der Waals surface area contributed by atoms with Crippen LogP contribution >= 0.6 is 0 Å². The van der Waals surface area contributed by atoms with Crippen molar-refractivity contribution >= 4 is 15.7 Å². The first-order valence-electron chi connectivity index (χ1n) is 10.6. The van der Waals surface area contributed by atoms with E-state index in [9.17, 15) is 48.3 Å². The fourth-order valence-corrected chi connectivity index (χ4v) is 7.53. The number of fused-ring (bicyclic) bond motifs is 3. The quantitative estimate of drug-likeness (QED) is 0.415. The first-order chi connectivity index (χ1) is 16.5. The maximum absolute atomic E-state index is 14.7. The van der Waals surface area contributed by atoms with Crippen LogP contribution in [0.4, 0.5) is 35.1 Å². The Balaban J connectivity index is 1.97. The van der Waals surface area contributed by atoms with Crippen molar-refractivity contribution in [3.8, 4) is 0 Å². The number of likely N-dealkylation sites (tertiary alicyclic amines) is 1. The molecule has 1 aromatic carbocycles. The Labute approximate surface area is 200 Å². The molecule has 2 aromatic rings. The van der Waals surface area contributed by atoms with Crippen molar-refractivity contribution in [2.45, 2.75) is 59.9 Å². The lowest BCUT2D eigenvalue weighted by molar-refractivity contribution is -0.348. The molecule has 5 nitrogen and oxygen atoms in total. The van der Waals surface area contributed by atoms with Crippen LogP contribution < -0.4 is 0 Å². The van der Waals surface area contributed by atoms with Crippen LogP contribution in [0, 0.1) is 5.82 Å². The lowest BCUT2D eigenvalue weighted by atomic mass is 9.80. The Morgan fingerprint density at radius 1 is 1.06 bits per heavy atom. The number of carbonyl (C=O) groups excluding carboxylic acids is 1. The van der Waals surface area contributed by atoms with E-state index >= 15 is 0 Å². The van der Waals surface area contributed by atoms with Gasteiger partial charge in [-0.05, 0) is 55.2 Å². The van der Waals surface area contributed by atoms with Crippen molar-refractivity contribution in [1.82, 2.24) is 9.88 Å². The highest BCUT2D eigenvalue weighted by atomic mass is 32.2. The molecule has 1 aliphatic carbocycles. The number of hydrogen-bond donors (Lipinski definition) is 0. The predicted octanol–water partition coefficient (Wildman–Crippen LogP) is 4.75. The zero-order valence-corrected chi connectivity index (χ0v) is 19.2. The zero-order valence-electron chi connectivity index (χ0n) is 18.4. The van der Waals surface area contributed by atoms with Gasteiger partial charge in [-0.15, -0.1) is 0 Å². The van der Waals surface area contributed by atoms with Gasteiger partial charge in [0.2, 0.25) is 5.91 Å². The van der Waals surface area contributed by atoms with E-state index in [1.807, 2.05) is 0 Å². The second kappa shape index (κ2) is 8.12. The standard InChI is InChI=1S/C22H18F8N2O3S/c1-12(33)32-9-8-19(36(34,35)16-5-3-15(23)4-6-16)17(32)7-2-13-10-14(11-31-18(13)19)20(24,21(25,26)27)22(28,29)30/h3-6,10-11,17H,2,7-9H2,1H3. The number of pyridine rings is 1. The molecule has 2 unspecified atom stereocenters. The van der Waals surface area contributed by atoms with Crippen LogP contribution in [-0.4, -0.2) is 49.1 Å². The lowest BCUT2D eigenvalue weighted by Crippen LogP contribution is -2.53. The van der Waals surface area contributed by atoms with Gasteiger partial charge in [0.05, 0.1) is 16.6 Å². The Hall–Kier alpha value is -2.77. The van der Waals surface area contributed by atoms with Crippen LogP contribution in [0.1, 0.15) is 36.6 Å². The molecule has 2 heterocycles. The van der Waals surface area contributed by atoms with Gasteiger partial charge in [0, 0.05) is 25.2 Å². The van der Waals surface area contributed by atoms with Gasteiger partial charge in [-0.1, -0.05) is 0 Å². The van der Waals surface area contributed by atoms with E-state index < -0.39 is 55.9 Å². The molecule has 0 saturated carbocycles. The maximum Gasteiger partial charge on any atom is 0.436 e. The number of aryl methyl sites for hydroxylation is 1. The van der Waals surface area contributed by atoms with Crippen LogP contribution in [-0.2, 0) is 31.5 Å². The summed E-state index contributed by atoms with van der Waals surface area (Å²) in [6.07, 6.45) is -13.4. The van der Waals surface area contributed by atoms with E-state index in [1.165, 1.54) is 11.8 Å². The number of nitrogens with zero attached hydrogens (tertiary/aromatic N) is 2. The van der Waals surface area contributed by atoms with Gasteiger partial charge in [-0.3, -0.25) is 9.78 Å². The zero-order chi connectivity index (χ0) is 26.9. The first-order valence-corrected chi connectivity index (χ1v) is 12.1. The number of carbonyl (C=O) groups is 1. The molecule has 36 heavy (non-hydrogen) atoms. The normalized spacial score (nSPS) is 22.8. The summed E-state index contributed by atoms with van der Waals surface area (Å²) in [4.78, 5) is 16.8. The van der Waals surface area contributed by atoms with Crippen LogP contribution in [0.3, 0.4) is 0 Å². The summed E-state index contributed by atoms with van der Waals surface area (Å²) < 4.78 is 134. The van der Waals surface area contributed by atoms with E-state index in [0.717, 1.165) is 24.3 Å². The molecule has 0 N–H and O–H groups in total. The molecule has 1 aliphatic heterocycles. The molecule has 4 rings (SSSR count). The Morgan fingerprint density at radius 2 is 1.64 bits per heavy atom. The highest BCUT2D eigenvalue weighted by molar-refractivity contribution is 7.92. The number of sulfone groups is 1. The third-order valence-electron chi connectivity index (χ3n) is 6.88. The van der Waals surface area contributed by atoms with Gasteiger partial charge in [0.1, 0.15) is 10.6 Å². The third-order valence-corrected chi connectivity index (χ3v) is 9.40. The molecule has 1 saturated heterocycles.